The van der Waals surface area contributed by atoms with Crippen molar-refractivity contribution in [3.63, 3.8) is 0 Å². The van der Waals surface area contributed by atoms with Crippen molar-refractivity contribution in [1.29, 1.82) is 0 Å². The van der Waals surface area contributed by atoms with Crippen LogP contribution in [0.15, 0.2) is 5.11 Å². The summed E-state index contributed by atoms with van der Waals surface area (Å²) in [7, 11) is 0. The molecular weight excluding hydrogens is 662 g/mol. The summed E-state index contributed by atoms with van der Waals surface area (Å²) in [6.07, 6.45) is -20.0. The Hall–Kier alpha value is -2.57. The van der Waals surface area contributed by atoms with Crippen LogP contribution in [-0.4, -0.2) is 185 Å². The molecule has 0 spiro atoms. The van der Waals surface area contributed by atoms with Gasteiger partial charge in [-0.15, -0.1) is 0 Å². The molecule has 23 nitrogen and oxygen atoms in total. The first-order valence-corrected chi connectivity index (χ1v) is 14.3. The van der Waals surface area contributed by atoms with Gasteiger partial charge in [-0.2, -0.15) is 19.2 Å². The topological polar surface area (TPSA) is 353 Å². The molecule has 4 fully saturated rings. The highest BCUT2D eigenvalue weighted by molar-refractivity contribution is 5.20. The second kappa shape index (κ2) is 20.8. The number of rotatable bonds is 10. The molecule has 4 aliphatic rings. The second-order valence-electron chi connectivity index (χ2n) is 10.7. The van der Waals surface area contributed by atoms with Gasteiger partial charge in [0.15, 0.2) is 25.2 Å². The van der Waals surface area contributed by atoms with Crippen molar-refractivity contribution in [3.05, 3.63) is 10.4 Å². The molecule has 4 aliphatic heterocycles. The zero-order valence-corrected chi connectivity index (χ0v) is 25.3. The van der Waals surface area contributed by atoms with Crippen molar-refractivity contribution in [1.82, 2.24) is 0 Å². The first-order chi connectivity index (χ1) is 22.9. The maximum Gasteiger partial charge on any atom is 0.373 e. The lowest BCUT2D eigenvalue weighted by molar-refractivity contribution is -0.360. The SMILES string of the molecule is C[C@H]1C(O[C@H]2OC[C@@H](O)C(O)[C@@H]2O)[C@H](O)CO[C@H]1OC1[C@H](O)CO[C@H](OC2[C@H](O)CO[C@@H](OCCN=[N+]=[N-])[C@H]2O)[C@H]1O.O=C=O.O=C=O. The summed E-state index contributed by atoms with van der Waals surface area (Å²) < 4.78 is 44.2. The molecule has 0 aliphatic carbocycles. The van der Waals surface area contributed by atoms with E-state index in [2.05, 4.69) is 10.0 Å². The molecule has 4 unspecified atom stereocenters. The van der Waals surface area contributed by atoms with Crippen LogP contribution in [0.3, 0.4) is 0 Å². The van der Waals surface area contributed by atoms with E-state index in [1.165, 1.54) is 0 Å². The highest BCUT2D eigenvalue weighted by Gasteiger charge is 2.50. The van der Waals surface area contributed by atoms with Gasteiger partial charge in [-0.25, -0.2) is 0 Å². The number of nitrogens with zero attached hydrogens (tertiary/aromatic N) is 3. The molecule has 0 aromatic carbocycles. The van der Waals surface area contributed by atoms with Crippen LogP contribution < -0.4 is 0 Å². The van der Waals surface area contributed by atoms with Crippen molar-refractivity contribution in [2.75, 3.05) is 39.6 Å². The molecule has 23 heteroatoms. The molecule has 0 aromatic rings. The Morgan fingerprint density at radius 3 is 1.56 bits per heavy atom. The summed E-state index contributed by atoms with van der Waals surface area (Å²) in [5.41, 5.74) is 8.36. The standard InChI is InChI=1S/C23H39N3O16.2CO2/c1-8-17(40-22-14(32)13(31)9(27)4-38-22)10(28)5-36-20(8)41-19-12(30)7-39-23(16(19)34)42-18-11(29)6-37-21(15(18)33)35-3-2-25-26-24;2*2-1-3/h8-23,27-34H,2-7H2,1H3;;/t8-,9+,10+,11+,12+,13?,14-,15-,16-,17?,18?,19?,20-,21+,22+,23+;;/m0../s1. The molecule has 4 heterocycles. The lowest BCUT2D eigenvalue weighted by Crippen LogP contribution is -2.62. The molecule has 4 rings (SSSR count). The zero-order chi connectivity index (χ0) is 36.0. The number of hydrogen-bond acceptors (Lipinski definition) is 21. The third kappa shape index (κ3) is 11.2. The first kappa shape index (κ1) is 41.6. The molecule has 8 N–H and O–H groups in total. The molecular formula is C25H39N3O20. The molecule has 4 saturated heterocycles. The molecule has 48 heavy (non-hydrogen) atoms. The maximum atomic E-state index is 11.0. The third-order valence-corrected chi connectivity index (χ3v) is 7.47. The Labute approximate surface area is 271 Å². The van der Waals surface area contributed by atoms with Gasteiger partial charge in [-0.05, 0) is 5.53 Å². The normalized spacial score (nSPS) is 42.7. The number of aliphatic hydroxyl groups is 8. The molecule has 0 amide bonds. The highest BCUT2D eigenvalue weighted by Crippen LogP contribution is 2.32. The molecule has 0 saturated carbocycles. The largest absolute Gasteiger partial charge is 0.388 e. The van der Waals surface area contributed by atoms with Crippen molar-refractivity contribution in [2.24, 2.45) is 11.0 Å². The summed E-state index contributed by atoms with van der Waals surface area (Å²) >= 11 is 0. The lowest BCUT2D eigenvalue weighted by Gasteiger charge is -2.46. The number of carbonyl (C=O) groups excluding carboxylic acids is 4. The number of azide groups is 1. The second-order valence-corrected chi connectivity index (χ2v) is 10.7. The van der Waals surface area contributed by atoms with Crippen molar-refractivity contribution in [2.45, 2.75) is 99.2 Å². The fourth-order valence-electron chi connectivity index (χ4n) is 5.09. The van der Waals surface area contributed by atoms with Crippen LogP contribution in [0.1, 0.15) is 6.92 Å². The van der Waals surface area contributed by atoms with Crippen LogP contribution in [0.4, 0.5) is 0 Å². The van der Waals surface area contributed by atoms with Gasteiger partial charge < -0.3 is 78.7 Å². The van der Waals surface area contributed by atoms with E-state index < -0.39 is 98.2 Å². The summed E-state index contributed by atoms with van der Waals surface area (Å²) in [5, 5.41) is 86.2. The molecule has 16 atom stereocenters. The van der Waals surface area contributed by atoms with Gasteiger partial charge in [0.25, 0.3) is 0 Å². The minimum atomic E-state index is -1.65. The minimum Gasteiger partial charge on any atom is -0.388 e. The highest BCUT2D eigenvalue weighted by atomic mass is 16.7. The van der Waals surface area contributed by atoms with Crippen molar-refractivity contribution in [3.8, 4) is 0 Å². The van der Waals surface area contributed by atoms with E-state index in [9.17, 15) is 40.9 Å². The fourth-order valence-corrected chi connectivity index (χ4v) is 5.09. The van der Waals surface area contributed by atoms with Crippen LogP contribution in [0, 0.1) is 5.92 Å². The monoisotopic (exact) mass is 701 g/mol. The smallest absolute Gasteiger partial charge is 0.373 e. The molecule has 0 radical (unpaired) electrons. The zero-order valence-electron chi connectivity index (χ0n) is 25.3. The van der Waals surface area contributed by atoms with Crippen LogP contribution in [0.5, 0.6) is 0 Å². The summed E-state index contributed by atoms with van der Waals surface area (Å²) in [4.78, 5) is 35.1. The van der Waals surface area contributed by atoms with Crippen molar-refractivity contribution >= 4 is 12.3 Å². The minimum absolute atomic E-state index is 0.0254. The lowest BCUT2D eigenvalue weighted by atomic mass is 9.95. The van der Waals surface area contributed by atoms with Gasteiger partial charge in [0, 0.05) is 17.4 Å². The molecule has 0 bridgehead atoms. The number of ether oxygens (including phenoxy) is 8. The number of aliphatic hydroxyl groups excluding tert-OH is 8. The molecule has 0 aromatic heterocycles. The van der Waals surface area contributed by atoms with E-state index in [1.807, 2.05) is 0 Å². The Morgan fingerprint density at radius 2 is 1.02 bits per heavy atom. The quantitative estimate of drug-likeness (QED) is 0.0455. The van der Waals surface area contributed by atoms with Crippen LogP contribution in [0.2, 0.25) is 0 Å². The van der Waals surface area contributed by atoms with Crippen LogP contribution >= 0.6 is 0 Å². The Bertz CT molecular complexity index is 1060. The average Bonchev–Trinajstić information content (AvgIpc) is 3.05. The van der Waals surface area contributed by atoms with E-state index in [4.69, 9.17) is 62.6 Å². The Balaban J connectivity index is 0.00000124. The van der Waals surface area contributed by atoms with Gasteiger partial charge in [-0.3, -0.25) is 0 Å². The number of hydrogen-bond donors (Lipinski definition) is 8. The first-order valence-electron chi connectivity index (χ1n) is 14.3. The Morgan fingerprint density at radius 1 is 0.625 bits per heavy atom. The van der Waals surface area contributed by atoms with E-state index in [0.29, 0.717) is 0 Å². The predicted molar refractivity (Wildman–Crippen MR) is 141 cm³/mol. The van der Waals surface area contributed by atoms with Gasteiger partial charge >= 0.3 is 12.3 Å². The van der Waals surface area contributed by atoms with E-state index in [1.54, 1.807) is 6.92 Å². The van der Waals surface area contributed by atoms with Crippen LogP contribution in [-0.2, 0) is 57.1 Å². The Kier molecular flexibility index (Phi) is 18.1. The van der Waals surface area contributed by atoms with Gasteiger partial charge in [0.2, 0.25) is 0 Å². The predicted octanol–water partition coefficient (Wildman–Crippen LogP) is -5.75. The fraction of sp³-hybridized carbons (Fsp3) is 0.920. The van der Waals surface area contributed by atoms with Crippen molar-refractivity contribution < 1.29 is 97.9 Å². The maximum absolute atomic E-state index is 11.0. The van der Waals surface area contributed by atoms with E-state index >= 15 is 0 Å². The van der Waals surface area contributed by atoms with E-state index in [-0.39, 0.29) is 51.9 Å². The third-order valence-electron chi connectivity index (χ3n) is 7.47. The van der Waals surface area contributed by atoms with Gasteiger partial charge in [0.1, 0.15) is 61.0 Å². The van der Waals surface area contributed by atoms with Crippen LogP contribution in [0.25, 0.3) is 10.4 Å². The van der Waals surface area contributed by atoms with Gasteiger partial charge in [-0.1, -0.05) is 12.0 Å². The van der Waals surface area contributed by atoms with E-state index in [0.717, 1.165) is 0 Å². The summed E-state index contributed by atoms with van der Waals surface area (Å²) in [6.45, 7) is 0.240. The average molecular weight is 702 g/mol. The summed E-state index contributed by atoms with van der Waals surface area (Å²) in [5.74, 6) is -0.766. The summed E-state index contributed by atoms with van der Waals surface area (Å²) in [6, 6.07) is 0. The molecule has 274 valence electrons. The van der Waals surface area contributed by atoms with Gasteiger partial charge in [0.05, 0.1) is 39.1 Å².